The first kappa shape index (κ1) is 15.3. The summed E-state index contributed by atoms with van der Waals surface area (Å²) in [5.41, 5.74) is 0.473. The fraction of sp³-hybridized carbons (Fsp3) is 0.588. The molecular formula is C17H23FN2O2. The first-order valence-electron chi connectivity index (χ1n) is 8.04. The van der Waals surface area contributed by atoms with E-state index in [1.807, 2.05) is 12.1 Å². The lowest BCUT2D eigenvalue weighted by Gasteiger charge is -2.18. The normalized spacial score (nSPS) is 25.7. The maximum Gasteiger partial charge on any atom is 0.314 e. The highest BCUT2D eigenvalue weighted by atomic mass is 19.1. The summed E-state index contributed by atoms with van der Waals surface area (Å²) in [5.74, 6) is 0.171. The van der Waals surface area contributed by atoms with Crippen molar-refractivity contribution in [3.63, 3.8) is 0 Å². The Kier molecular flexibility index (Phi) is 4.34. The number of halogens is 1. The van der Waals surface area contributed by atoms with Crippen LogP contribution in [0.15, 0.2) is 24.3 Å². The molecule has 1 aromatic rings. The van der Waals surface area contributed by atoms with Gasteiger partial charge in [0.15, 0.2) is 0 Å². The van der Waals surface area contributed by atoms with Gasteiger partial charge in [0.2, 0.25) is 0 Å². The summed E-state index contributed by atoms with van der Waals surface area (Å²) < 4.78 is 13.9. The van der Waals surface area contributed by atoms with Gasteiger partial charge >= 0.3 is 6.03 Å². The SMILES string of the molecule is O=C(NCC1CCC(O)C1)NCC1(c2ccccc2F)CC1. The van der Waals surface area contributed by atoms with Crippen LogP contribution in [0.3, 0.4) is 0 Å². The van der Waals surface area contributed by atoms with Crippen LogP contribution < -0.4 is 10.6 Å². The van der Waals surface area contributed by atoms with Crippen LogP contribution in [0, 0.1) is 11.7 Å². The molecule has 1 aromatic carbocycles. The molecule has 0 aromatic heterocycles. The second-order valence-electron chi connectivity index (χ2n) is 6.66. The van der Waals surface area contributed by atoms with Crippen LogP contribution in [-0.2, 0) is 5.41 Å². The van der Waals surface area contributed by atoms with E-state index >= 15 is 0 Å². The summed E-state index contributed by atoms with van der Waals surface area (Å²) >= 11 is 0. The Morgan fingerprint density at radius 3 is 2.68 bits per heavy atom. The van der Waals surface area contributed by atoms with Crippen LogP contribution in [0.1, 0.15) is 37.7 Å². The van der Waals surface area contributed by atoms with Gasteiger partial charge in [-0.3, -0.25) is 0 Å². The molecule has 0 heterocycles. The zero-order valence-corrected chi connectivity index (χ0v) is 12.6. The van der Waals surface area contributed by atoms with Crippen LogP contribution in [-0.4, -0.2) is 30.3 Å². The van der Waals surface area contributed by atoms with Gasteiger partial charge in [-0.25, -0.2) is 9.18 Å². The number of rotatable bonds is 5. The van der Waals surface area contributed by atoms with Crippen LogP contribution >= 0.6 is 0 Å². The monoisotopic (exact) mass is 306 g/mol. The van der Waals surface area contributed by atoms with Crippen molar-refractivity contribution in [2.24, 2.45) is 5.92 Å². The smallest absolute Gasteiger partial charge is 0.314 e. The van der Waals surface area contributed by atoms with Crippen molar-refractivity contribution in [2.75, 3.05) is 13.1 Å². The molecule has 2 fully saturated rings. The summed E-state index contributed by atoms with van der Waals surface area (Å²) in [5, 5.41) is 15.2. The number of carbonyl (C=O) groups is 1. The maximum absolute atomic E-state index is 13.9. The fourth-order valence-electron chi connectivity index (χ4n) is 3.37. The molecule has 0 bridgehead atoms. The summed E-state index contributed by atoms with van der Waals surface area (Å²) in [7, 11) is 0. The first-order chi connectivity index (χ1) is 10.6. The van der Waals surface area contributed by atoms with E-state index in [0.717, 1.165) is 32.1 Å². The van der Waals surface area contributed by atoms with Gasteiger partial charge < -0.3 is 15.7 Å². The number of benzene rings is 1. The van der Waals surface area contributed by atoms with Gasteiger partial charge in [0.1, 0.15) is 5.82 Å². The minimum Gasteiger partial charge on any atom is -0.393 e. The summed E-state index contributed by atoms with van der Waals surface area (Å²) in [4.78, 5) is 11.9. The van der Waals surface area contributed by atoms with Gasteiger partial charge in [-0.2, -0.15) is 0 Å². The molecule has 2 aliphatic rings. The topological polar surface area (TPSA) is 61.4 Å². The van der Waals surface area contributed by atoms with Crippen molar-refractivity contribution >= 4 is 6.03 Å². The molecule has 2 saturated carbocycles. The number of nitrogens with one attached hydrogen (secondary N) is 2. The van der Waals surface area contributed by atoms with Gasteiger partial charge in [0, 0.05) is 18.5 Å². The third-order valence-corrected chi connectivity index (χ3v) is 4.95. The van der Waals surface area contributed by atoms with Crippen LogP contribution in [0.25, 0.3) is 0 Å². The molecule has 22 heavy (non-hydrogen) atoms. The molecule has 120 valence electrons. The summed E-state index contributed by atoms with van der Waals surface area (Å²) in [6.07, 6.45) is 4.14. The number of hydrogen-bond donors (Lipinski definition) is 3. The van der Waals surface area contributed by atoms with E-state index in [9.17, 15) is 14.3 Å². The zero-order chi connectivity index (χ0) is 15.6. The van der Waals surface area contributed by atoms with Gasteiger partial charge in [-0.15, -0.1) is 0 Å². The molecule has 2 amide bonds. The molecule has 0 spiro atoms. The minimum absolute atomic E-state index is 0.192. The average molecular weight is 306 g/mol. The fourth-order valence-corrected chi connectivity index (χ4v) is 3.37. The highest BCUT2D eigenvalue weighted by molar-refractivity contribution is 5.74. The largest absolute Gasteiger partial charge is 0.393 e. The second kappa shape index (κ2) is 6.24. The number of aliphatic hydroxyl groups is 1. The predicted molar refractivity (Wildman–Crippen MR) is 82.1 cm³/mol. The molecule has 0 saturated heterocycles. The quantitative estimate of drug-likeness (QED) is 0.782. The van der Waals surface area contributed by atoms with Crippen LogP contribution in [0.2, 0.25) is 0 Å². The lowest BCUT2D eigenvalue weighted by atomic mass is 9.95. The third-order valence-electron chi connectivity index (χ3n) is 4.95. The Bertz CT molecular complexity index is 545. The lowest BCUT2D eigenvalue weighted by Crippen LogP contribution is -2.41. The lowest BCUT2D eigenvalue weighted by molar-refractivity contribution is 0.177. The Hall–Kier alpha value is -1.62. The molecule has 3 N–H and O–H groups in total. The van der Waals surface area contributed by atoms with E-state index in [2.05, 4.69) is 10.6 Å². The van der Waals surface area contributed by atoms with Gasteiger partial charge in [0.05, 0.1) is 6.10 Å². The number of carbonyl (C=O) groups excluding carboxylic acids is 1. The molecule has 2 unspecified atom stereocenters. The number of hydrogen-bond acceptors (Lipinski definition) is 2. The van der Waals surface area contributed by atoms with E-state index in [4.69, 9.17) is 0 Å². The Morgan fingerprint density at radius 2 is 2.05 bits per heavy atom. The Morgan fingerprint density at radius 1 is 1.27 bits per heavy atom. The molecule has 0 aliphatic heterocycles. The van der Waals surface area contributed by atoms with Gasteiger partial charge in [-0.1, -0.05) is 18.2 Å². The van der Waals surface area contributed by atoms with Crippen LogP contribution in [0.5, 0.6) is 0 Å². The second-order valence-corrected chi connectivity index (χ2v) is 6.66. The molecule has 0 radical (unpaired) electrons. The van der Waals surface area contributed by atoms with Crippen LogP contribution in [0.4, 0.5) is 9.18 Å². The molecular weight excluding hydrogens is 283 g/mol. The van der Waals surface area contributed by atoms with Gasteiger partial charge in [-0.05, 0) is 49.7 Å². The summed E-state index contributed by atoms with van der Waals surface area (Å²) in [6, 6.07) is 6.60. The molecule has 4 nitrogen and oxygen atoms in total. The standard InChI is InChI=1S/C17H23FN2O2/c18-15-4-2-1-3-14(15)17(7-8-17)11-20-16(22)19-10-12-5-6-13(21)9-12/h1-4,12-13,21H,5-11H2,(H2,19,20,22). The van der Waals surface area contributed by atoms with E-state index in [1.54, 1.807) is 6.07 Å². The minimum atomic E-state index is -0.230. The number of amides is 2. The van der Waals surface area contributed by atoms with Crippen molar-refractivity contribution in [1.29, 1.82) is 0 Å². The van der Waals surface area contributed by atoms with E-state index in [1.165, 1.54) is 6.07 Å². The maximum atomic E-state index is 13.9. The average Bonchev–Trinajstić information content (AvgIpc) is 3.18. The Balaban J connectivity index is 1.46. The van der Waals surface area contributed by atoms with Crippen molar-refractivity contribution in [3.05, 3.63) is 35.6 Å². The number of aliphatic hydroxyl groups excluding tert-OH is 1. The van der Waals surface area contributed by atoms with Crippen molar-refractivity contribution < 1.29 is 14.3 Å². The molecule has 3 rings (SSSR count). The van der Waals surface area contributed by atoms with E-state index in [-0.39, 0.29) is 23.4 Å². The molecule has 2 atom stereocenters. The van der Waals surface area contributed by atoms with E-state index in [0.29, 0.717) is 24.6 Å². The zero-order valence-electron chi connectivity index (χ0n) is 12.6. The Labute approximate surface area is 130 Å². The first-order valence-corrected chi connectivity index (χ1v) is 8.04. The number of urea groups is 1. The highest BCUT2D eigenvalue weighted by Gasteiger charge is 2.46. The van der Waals surface area contributed by atoms with E-state index < -0.39 is 0 Å². The van der Waals surface area contributed by atoms with Gasteiger partial charge in [0.25, 0.3) is 0 Å². The third kappa shape index (κ3) is 3.40. The molecule has 5 heteroatoms. The highest BCUT2D eigenvalue weighted by Crippen LogP contribution is 2.48. The van der Waals surface area contributed by atoms with Crippen molar-refractivity contribution in [1.82, 2.24) is 10.6 Å². The van der Waals surface area contributed by atoms with Crippen molar-refractivity contribution in [2.45, 2.75) is 43.6 Å². The summed E-state index contributed by atoms with van der Waals surface area (Å²) in [6.45, 7) is 1.06. The predicted octanol–water partition coefficient (Wildman–Crippen LogP) is 2.32. The molecule has 2 aliphatic carbocycles. The van der Waals surface area contributed by atoms with Crippen molar-refractivity contribution in [3.8, 4) is 0 Å².